The molecule has 1 unspecified atom stereocenters. The molecule has 1 aliphatic heterocycles. The van der Waals surface area contributed by atoms with Crippen LogP contribution >= 0.6 is 0 Å². The van der Waals surface area contributed by atoms with Crippen molar-refractivity contribution in [1.29, 1.82) is 0 Å². The first-order valence-corrected chi connectivity index (χ1v) is 8.78. The van der Waals surface area contributed by atoms with Gasteiger partial charge in [-0.3, -0.25) is 14.4 Å². The van der Waals surface area contributed by atoms with Gasteiger partial charge >= 0.3 is 0 Å². The lowest BCUT2D eigenvalue weighted by atomic mass is 9.72. The van der Waals surface area contributed by atoms with Crippen LogP contribution in [0.4, 0.5) is 0 Å². The Hall–Kier alpha value is -1.00. The fraction of sp³-hybridized carbons (Fsp3) is 0.789. The fourth-order valence-electron chi connectivity index (χ4n) is 4.06. The van der Waals surface area contributed by atoms with E-state index in [-0.39, 0.29) is 23.2 Å². The minimum absolute atomic E-state index is 0.0550. The number of hydrogen-bond donors (Lipinski definition) is 0. The summed E-state index contributed by atoms with van der Waals surface area (Å²) in [4.78, 5) is 31.7. The van der Waals surface area contributed by atoms with Gasteiger partial charge in [0.1, 0.15) is 5.54 Å². The topological polar surface area (TPSA) is 46.6 Å². The lowest BCUT2D eigenvalue weighted by molar-refractivity contribution is -0.299. The normalized spacial score (nSPS) is 28.6. The molecular formula is C19H31NO3. The summed E-state index contributed by atoms with van der Waals surface area (Å²) in [6.45, 7) is 13.3. The molecule has 0 aromatic carbocycles. The standard InChI is InChI=1S/C19H31NO3/c1-13(2)16(21)15-12-18(3,4)20(19(5,6)17(15)22)23-14-10-8-7-9-11-14/h14-15H,1,7-12H2,2-6H3. The molecule has 23 heavy (non-hydrogen) atoms. The monoisotopic (exact) mass is 321 g/mol. The predicted octanol–water partition coefficient (Wildman–Crippen LogP) is 3.84. The number of carbonyl (C=O) groups excluding carboxylic acids is 2. The van der Waals surface area contributed by atoms with E-state index in [2.05, 4.69) is 20.4 Å². The zero-order valence-electron chi connectivity index (χ0n) is 15.3. The predicted molar refractivity (Wildman–Crippen MR) is 90.9 cm³/mol. The molecule has 2 rings (SSSR count). The van der Waals surface area contributed by atoms with Crippen molar-refractivity contribution in [2.24, 2.45) is 5.92 Å². The summed E-state index contributed by atoms with van der Waals surface area (Å²) >= 11 is 0. The summed E-state index contributed by atoms with van der Waals surface area (Å²) < 4.78 is 0. The fourth-order valence-corrected chi connectivity index (χ4v) is 4.06. The Morgan fingerprint density at radius 1 is 1.17 bits per heavy atom. The molecule has 0 radical (unpaired) electrons. The lowest BCUT2D eigenvalue weighted by Gasteiger charge is -2.53. The molecule has 0 bridgehead atoms. The van der Waals surface area contributed by atoms with Crippen molar-refractivity contribution in [3.8, 4) is 0 Å². The van der Waals surface area contributed by atoms with Gasteiger partial charge in [0.2, 0.25) is 0 Å². The number of carbonyl (C=O) groups is 2. The maximum absolute atomic E-state index is 12.9. The molecule has 1 atom stereocenters. The van der Waals surface area contributed by atoms with Crippen molar-refractivity contribution in [3.63, 3.8) is 0 Å². The van der Waals surface area contributed by atoms with Crippen molar-refractivity contribution >= 4 is 11.6 Å². The van der Waals surface area contributed by atoms with Crippen LogP contribution in [0, 0.1) is 5.92 Å². The van der Waals surface area contributed by atoms with Crippen LogP contribution in [0.15, 0.2) is 12.2 Å². The van der Waals surface area contributed by atoms with E-state index in [4.69, 9.17) is 4.84 Å². The van der Waals surface area contributed by atoms with E-state index in [1.807, 2.05) is 18.9 Å². The molecule has 4 heteroatoms. The maximum atomic E-state index is 12.9. The van der Waals surface area contributed by atoms with Crippen LogP contribution < -0.4 is 0 Å². The van der Waals surface area contributed by atoms with Crippen LogP contribution in [-0.2, 0) is 14.4 Å². The molecule has 1 heterocycles. The Kier molecular flexibility index (Phi) is 5.17. The largest absolute Gasteiger partial charge is 0.297 e. The SMILES string of the molecule is C=C(C)C(=O)C1CC(C)(C)N(OC2CCCCC2)C(C)(C)C1=O. The maximum Gasteiger partial charge on any atom is 0.168 e. The third kappa shape index (κ3) is 3.58. The molecule has 130 valence electrons. The second kappa shape index (κ2) is 6.48. The number of allylic oxidation sites excluding steroid dienone is 1. The van der Waals surface area contributed by atoms with Gasteiger partial charge in [-0.05, 0) is 59.5 Å². The first-order chi connectivity index (χ1) is 10.6. The minimum Gasteiger partial charge on any atom is -0.297 e. The Balaban J connectivity index is 2.25. The summed E-state index contributed by atoms with van der Waals surface area (Å²) in [6, 6.07) is 0. The zero-order chi connectivity index (χ0) is 17.4. The number of hydroxylamine groups is 2. The van der Waals surface area contributed by atoms with Crippen molar-refractivity contribution in [3.05, 3.63) is 12.2 Å². The molecule has 2 aliphatic rings. The summed E-state index contributed by atoms with van der Waals surface area (Å²) in [7, 11) is 0. The van der Waals surface area contributed by atoms with Crippen molar-refractivity contribution < 1.29 is 14.4 Å². The Morgan fingerprint density at radius 3 is 2.26 bits per heavy atom. The molecule has 4 nitrogen and oxygen atoms in total. The summed E-state index contributed by atoms with van der Waals surface area (Å²) in [6.07, 6.45) is 6.39. The lowest BCUT2D eigenvalue weighted by Crippen LogP contribution is -2.67. The van der Waals surface area contributed by atoms with Crippen LogP contribution in [0.25, 0.3) is 0 Å². The molecule has 0 N–H and O–H groups in total. The highest BCUT2D eigenvalue weighted by atomic mass is 16.7. The van der Waals surface area contributed by atoms with Crippen molar-refractivity contribution in [2.45, 2.75) is 90.3 Å². The van der Waals surface area contributed by atoms with E-state index in [0.29, 0.717) is 12.0 Å². The van der Waals surface area contributed by atoms with Crippen LogP contribution in [0.3, 0.4) is 0 Å². The zero-order valence-corrected chi connectivity index (χ0v) is 15.3. The highest BCUT2D eigenvalue weighted by molar-refractivity contribution is 6.12. The number of ketones is 2. The number of piperidine rings is 1. The molecule has 0 aromatic rings. The first-order valence-electron chi connectivity index (χ1n) is 8.78. The molecule has 1 saturated carbocycles. The number of nitrogens with zero attached hydrogens (tertiary/aromatic N) is 1. The average molecular weight is 321 g/mol. The first kappa shape index (κ1) is 18.3. The molecule has 2 fully saturated rings. The number of Topliss-reactive ketones (excluding diaryl/α,β-unsaturated/α-hetero) is 2. The third-order valence-electron chi connectivity index (χ3n) is 5.22. The summed E-state index contributed by atoms with van der Waals surface area (Å²) in [5.41, 5.74) is -0.726. The quantitative estimate of drug-likeness (QED) is 0.583. The van der Waals surface area contributed by atoms with E-state index >= 15 is 0 Å². The van der Waals surface area contributed by atoms with Gasteiger partial charge in [0, 0.05) is 5.54 Å². The van der Waals surface area contributed by atoms with Gasteiger partial charge in [0.25, 0.3) is 0 Å². The highest BCUT2D eigenvalue weighted by Gasteiger charge is 2.54. The van der Waals surface area contributed by atoms with Crippen LogP contribution in [0.5, 0.6) is 0 Å². The van der Waals surface area contributed by atoms with Crippen molar-refractivity contribution in [2.75, 3.05) is 0 Å². The summed E-state index contributed by atoms with van der Waals surface area (Å²) in [5.74, 6) is -0.794. The molecule has 1 saturated heterocycles. The highest BCUT2D eigenvalue weighted by Crippen LogP contribution is 2.41. The van der Waals surface area contributed by atoms with E-state index in [1.54, 1.807) is 6.92 Å². The Bertz CT molecular complexity index is 501. The second-order valence-electron chi connectivity index (χ2n) is 8.30. The molecule has 0 spiro atoms. The molecule has 0 aromatic heterocycles. The van der Waals surface area contributed by atoms with E-state index in [9.17, 15) is 9.59 Å². The van der Waals surface area contributed by atoms with Crippen LogP contribution in [0.1, 0.15) is 73.1 Å². The van der Waals surface area contributed by atoms with Gasteiger partial charge in [-0.1, -0.05) is 25.8 Å². The number of rotatable bonds is 4. The third-order valence-corrected chi connectivity index (χ3v) is 5.22. The van der Waals surface area contributed by atoms with Gasteiger partial charge in [-0.2, -0.15) is 5.06 Å². The van der Waals surface area contributed by atoms with E-state index in [0.717, 1.165) is 12.8 Å². The number of hydrogen-bond acceptors (Lipinski definition) is 4. The van der Waals surface area contributed by atoms with Crippen molar-refractivity contribution in [1.82, 2.24) is 5.06 Å². The average Bonchev–Trinajstić information content (AvgIpc) is 2.48. The molecule has 1 aliphatic carbocycles. The van der Waals surface area contributed by atoms with Crippen LogP contribution in [-0.4, -0.2) is 33.8 Å². The Labute approximate surface area is 140 Å². The van der Waals surface area contributed by atoms with Gasteiger partial charge in [-0.25, -0.2) is 0 Å². The molecular weight excluding hydrogens is 290 g/mol. The van der Waals surface area contributed by atoms with Crippen LogP contribution in [0.2, 0.25) is 0 Å². The summed E-state index contributed by atoms with van der Waals surface area (Å²) in [5, 5.41) is 1.88. The van der Waals surface area contributed by atoms with Gasteiger partial charge in [0.15, 0.2) is 11.6 Å². The Morgan fingerprint density at radius 2 is 1.74 bits per heavy atom. The smallest absolute Gasteiger partial charge is 0.168 e. The van der Waals surface area contributed by atoms with Gasteiger partial charge in [0.05, 0.1) is 12.0 Å². The molecule has 0 amide bonds. The van der Waals surface area contributed by atoms with Gasteiger partial charge < -0.3 is 0 Å². The second-order valence-corrected chi connectivity index (χ2v) is 8.30. The van der Waals surface area contributed by atoms with E-state index < -0.39 is 11.5 Å². The van der Waals surface area contributed by atoms with E-state index in [1.165, 1.54) is 19.3 Å². The minimum atomic E-state index is -0.811. The van der Waals surface area contributed by atoms with Gasteiger partial charge in [-0.15, -0.1) is 0 Å².